The van der Waals surface area contributed by atoms with Crippen molar-refractivity contribution in [1.82, 2.24) is 0 Å². The van der Waals surface area contributed by atoms with Gasteiger partial charge < -0.3 is 38.0 Å². The lowest BCUT2D eigenvalue weighted by atomic mass is 9.97. The van der Waals surface area contributed by atoms with Gasteiger partial charge in [-0.25, -0.2) is 4.79 Å². The molecule has 2 rings (SSSR count). The second-order valence-corrected chi connectivity index (χ2v) is 25.7. The van der Waals surface area contributed by atoms with Crippen LogP contribution in [0.15, 0.2) is 12.1 Å². The first-order valence-corrected chi connectivity index (χ1v) is 23.0. The zero-order chi connectivity index (χ0) is 34.9. The van der Waals surface area contributed by atoms with Crippen molar-refractivity contribution in [3.05, 3.63) is 23.3 Å². The van der Waals surface area contributed by atoms with Crippen LogP contribution < -0.4 is 4.74 Å². The fourth-order valence-electron chi connectivity index (χ4n) is 4.95. The molecule has 46 heavy (non-hydrogen) atoms. The molecule has 1 saturated heterocycles. The third kappa shape index (κ3) is 12.6. The Hall–Kier alpha value is -1.92. The van der Waals surface area contributed by atoms with Gasteiger partial charge in [-0.15, -0.1) is 0 Å². The van der Waals surface area contributed by atoms with E-state index in [4.69, 9.17) is 32.8 Å². The number of esters is 1. The summed E-state index contributed by atoms with van der Waals surface area (Å²) in [6.45, 7) is 24.0. The van der Waals surface area contributed by atoms with Gasteiger partial charge in [-0.2, -0.15) is 0 Å². The van der Waals surface area contributed by atoms with Crippen LogP contribution in [0.5, 0.6) is 11.5 Å². The van der Waals surface area contributed by atoms with Gasteiger partial charge in [-0.3, -0.25) is 0 Å². The van der Waals surface area contributed by atoms with Gasteiger partial charge in [0.2, 0.25) is 0 Å². The van der Waals surface area contributed by atoms with Crippen LogP contribution in [0.1, 0.15) is 76.7 Å². The molecule has 4 atom stereocenters. The third-order valence-electron chi connectivity index (χ3n) is 8.45. The molecule has 0 aliphatic carbocycles. The standard InChI is InChI=1S/C35H60O9Si2/c1-25(44-46(12,13)34(2,3)4)16-14-18-29(41-24-38-7)32-30(42-35(5,6)43-32)19-15-17-26-22-27(39-8)23-28(36)31(26)33(37)40-20-21-45(9,10)11/h22-23,25,29-30,32,36H,15-17,19-21,24H2,1-13H3/t25-,29?,30?,32-/m1/s1. The van der Waals surface area contributed by atoms with Crippen molar-refractivity contribution in [3.63, 3.8) is 0 Å². The topological polar surface area (TPSA) is 102 Å². The largest absolute Gasteiger partial charge is 0.507 e. The molecule has 0 amide bonds. The lowest BCUT2D eigenvalue weighted by molar-refractivity contribution is -0.162. The van der Waals surface area contributed by atoms with Gasteiger partial charge in [0.1, 0.15) is 36.1 Å². The number of hydrogen-bond donors (Lipinski definition) is 1. The molecule has 1 aromatic rings. The average Bonchev–Trinajstić information content (AvgIpc) is 3.22. The number of aryl methyl sites for hydroxylation is 1. The fourth-order valence-corrected chi connectivity index (χ4v) is 7.11. The minimum atomic E-state index is -1.92. The molecule has 0 saturated carbocycles. The Morgan fingerprint density at radius 2 is 1.78 bits per heavy atom. The van der Waals surface area contributed by atoms with Crippen LogP contribution in [-0.2, 0) is 34.5 Å². The number of rotatable bonds is 16. The number of phenolic OH excluding ortho intramolecular Hbond substituents is 1. The Balaban J connectivity index is 2.20. The highest BCUT2D eigenvalue weighted by Crippen LogP contribution is 2.38. The van der Waals surface area contributed by atoms with Crippen molar-refractivity contribution in [3.8, 4) is 23.3 Å². The van der Waals surface area contributed by atoms with Gasteiger partial charge >= 0.3 is 5.97 Å². The molecule has 0 spiro atoms. The molecule has 0 bridgehead atoms. The summed E-state index contributed by atoms with van der Waals surface area (Å²) >= 11 is 0. The Morgan fingerprint density at radius 3 is 2.37 bits per heavy atom. The Labute approximate surface area is 280 Å². The molecule has 1 N–H and O–H groups in total. The van der Waals surface area contributed by atoms with E-state index in [1.54, 1.807) is 13.2 Å². The number of hydrogen-bond acceptors (Lipinski definition) is 9. The van der Waals surface area contributed by atoms with Gasteiger partial charge in [0, 0.05) is 27.7 Å². The van der Waals surface area contributed by atoms with Gasteiger partial charge in [-0.05, 0) is 75.8 Å². The number of phenols is 1. The van der Waals surface area contributed by atoms with E-state index in [1.807, 2.05) is 13.8 Å². The van der Waals surface area contributed by atoms with Crippen molar-refractivity contribution in [2.45, 2.75) is 141 Å². The van der Waals surface area contributed by atoms with Crippen molar-refractivity contribution in [2.75, 3.05) is 27.6 Å². The molecule has 9 nitrogen and oxygen atoms in total. The number of carbonyl (C=O) groups excluding carboxylic acids is 1. The lowest BCUT2D eigenvalue weighted by Gasteiger charge is -2.38. The van der Waals surface area contributed by atoms with Crippen LogP contribution in [0.25, 0.3) is 0 Å². The van der Waals surface area contributed by atoms with E-state index in [1.165, 1.54) is 13.2 Å². The zero-order valence-electron chi connectivity index (χ0n) is 30.6. The predicted molar refractivity (Wildman–Crippen MR) is 187 cm³/mol. The Morgan fingerprint density at radius 1 is 1.11 bits per heavy atom. The first kappa shape index (κ1) is 40.3. The average molecular weight is 681 g/mol. The lowest BCUT2D eigenvalue weighted by Crippen LogP contribution is -2.43. The monoisotopic (exact) mass is 680 g/mol. The summed E-state index contributed by atoms with van der Waals surface area (Å²) in [7, 11) is -0.200. The Kier molecular flexibility index (Phi) is 14.8. The normalized spacial score (nSPS) is 19.7. The van der Waals surface area contributed by atoms with E-state index < -0.39 is 40.4 Å². The molecule has 1 fully saturated rings. The SMILES string of the molecule is COCOC(C#CC[C@@H](C)O[Si](C)(C)C(C)(C)C)[C@H]1OC(C)(C)OC1CCCc1cc(OC)cc(O)c1C(=O)OCC[Si](C)(C)C. The molecule has 1 aliphatic rings. The molecule has 0 radical (unpaired) electrons. The molecule has 0 aromatic heterocycles. The maximum atomic E-state index is 13.1. The molecule has 262 valence electrons. The molecule has 11 heteroatoms. The van der Waals surface area contributed by atoms with Gasteiger partial charge in [0.25, 0.3) is 0 Å². The molecule has 1 heterocycles. The van der Waals surface area contributed by atoms with E-state index in [9.17, 15) is 9.90 Å². The number of methoxy groups -OCH3 is 2. The fraction of sp³-hybridized carbons (Fsp3) is 0.743. The van der Waals surface area contributed by atoms with Crippen LogP contribution in [-0.4, -0.2) is 85.3 Å². The van der Waals surface area contributed by atoms with Crippen LogP contribution in [0.2, 0.25) is 43.8 Å². The number of carbonyl (C=O) groups is 1. The summed E-state index contributed by atoms with van der Waals surface area (Å²) in [5.41, 5.74) is 0.838. The van der Waals surface area contributed by atoms with Gasteiger partial charge in [0.15, 0.2) is 14.1 Å². The maximum Gasteiger partial charge on any atom is 0.342 e. The highest BCUT2D eigenvalue weighted by Gasteiger charge is 2.45. The maximum absolute atomic E-state index is 13.1. The van der Waals surface area contributed by atoms with Crippen LogP contribution in [0.4, 0.5) is 0 Å². The quantitative estimate of drug-likeness (QED) is 0.0822. The number of aromatic hydroxyl groups is 1. The second kappa shape index (κ2) is 17.0. The van der Waals surface area contributed by atoms with Crippen LogP contribution in [0, 0.1) is 11.8 Å². The highest BCUT2D eigenvalue weighted by molar-refractivity contribution is 6.76. The molecule has 1 aliphatic heterocycles. The van der Waals surface area contributed by atoms with Crippen LogP contribution in [0.3, 0.4) is 0 Å². The molecule has 1 aromatic carbocycles. The summed E-state index contributed by atoms with van der Waals surface area (Å²) in [5.74, 6) is 5.52. The molecule has 2 unspecified atom stereocenters. The Bertz CT molecular complexity index is 1190. The molecular weight excluding hydrogens is 621 g/mol. The molecular formula is C35H60O9Si2. The van der Waals surface area contributed by atoms with Gasteiger partial charge in [-0.1, -0.05) is 52.3 Å². The second-order valence-electron chi connectivity index (χ2n) is 15.4. The van der Waals surface area contributed by atoms with Crippen molar-refractivity contribution in [2.24, 2.45) is 0 Å². The summed E-state index contributed by atoms with van der Waals surface area (Å²) in [6.07, 6.45) is 0.937. The van der Waals surface area contributed by atoms with Crippen molar-refractivity contribution >= 4 is 22.4 Å². The zero-order valence-corrected chi connectivity index (χ0v) is 32.6. The summed E-state index contributed by atoms with van der Waals surface area (Å²) in [5, 5.41) is 10.9. The van der Waals surface area contributed by atoms with Crippen molar-refractivity contribution in [1.29, 1.82) is 0 Å². The van der Waals surface area contributed by atoms with E-state index in [2.05, 4.69) is 72.3 Å². The summed E-state index contributed by atoms with van der Waals surface area (Å²) in [6, 6.07) is 4.07. The predicted octanol–water partition coefficient (Wildman–Crippen LogP) is 7.53. The van der Waals surface area contributed by atoms with E-state index in [-0.39, 0.29) is 35.4 Å². The number of benzene rings is 1. The first-order valence-electron chi connectivity index (χ1n) is 16.4. The van der Waals surface area contributed by atoms with Gasteiger partial charge in [0.05, 0.1) is 25.9 Å². The minimum Gasteiger partial charge on any atom is -0.507 e. The van der Waals surface area contributed by atoms with E-state index >= 15 is 0 Å². The van der Waals surface area contributed by atoms with Crippen LogP contribution >= 0.6 is 0 Å². The summed E-state index contributed by atoms with van der Waals surface area (Å²) < 4.78 is 41.4. The van der Waals surface area contributed by atoms with E-state index in [0.29, 0.717) is 43.6 Å². The summed E-state index contributed by atoms with van der Waals surface area (Å²) in [4.78, 5) is 13.1. The first-order chi connectivity index (χ1) is 21.2. The minimum absolute atomic E-state index is 0.0137. The third-order valence-corrected chi connectivity index (χ3v) is 14.8. The smallest absolute Gasteiger partial charge is 0.342 e. The highest BCUT2D eigenvalue weighted by atomic mass is 28.4. The number of ether oxygens (including phenoxy) is 6. The van der Waals surface area contributed by atoms with E-state index in [0.717, 1.165) is 6.04 Å². The van der Waals surface area contributed by atoms with Crippen molar-refractivity contribution < 1.29 is 42.7 Å².